The zero-order chi connectivity index (χ0) is 10.9. The average Bonchev–Trinajstić information content (AvgIpc) is 2.99. The molecule has 0 spiro atoms. The summed E-state index contributed by atoms with van der Waals surface area (Å²) in [6.07, 6.45) is 5.59. The van der Waals surface area contributed by atoms with E-state index in [1.54, 1.807) is 0 Å². The second-order valence-electron chi connectivity index (χ2n) is 5.92. The van der Waals surface area contributed by atoms with Gasteiger partial charge in [0.25, 0.3) is 0 Å². The van der Waals surface area contributed by atoms with Gasteiger partial charge in [-0.1, -0.05) is 20.8 Å². The maximum absolute atomic E-state index is 3.72. The van der Waals surface area contributed by atoms with E-state index in [9.17, 15) is 0 Å². The molecule has 0 amide bonds. The normalized spacial score (nSPS) is 30.8. The molecule has 1 aliphatic carbocycles. The number of nitrogens with zero attached hydrogens (tertiary/aromatic N) is 1. The van der Waals surface area contributed by atoms with Crippen LogP contribution in [0.5, 0.6) is 0 Å². The lowest BCUT2D eigenvalue weighted by atomic mass is 9.77. The highest BCUT2D eigenvalue weighted by Gasteiger charge is 2.36. The van der Waals surface area contributed by atoms with Crippen molar-refractivity contribution in [3.8, 4) is 0 Å². The standard InChI is InChI=1S/C13H26N2/c1-4-15(11-6-7-11)10-12-13(2,3)8-5-9-14-12/h11-12,14H,4-10H2,1-3H3. The zero-order valence-corrected chi connectivity index (χ0v) is 10.6. The first kappa shape index (κ1) is 11.4. The smallest absolute Gasteiger partial charge is 0.0246 e. The molecule has 1 N–H and O–H groups in total. The van der Waals surface area contributed by atoms with Gasteiger partial charge in [-0.15, -0.1) is 0 Å². The Morgan fingerprint density at radius 2 is 2.07 bits per heavy atom. The molecule has 0 aromatic heterocycles. The van der Waals surface area contributed by atoms with Gasteiger partial charge in [-0.2, -0.15) is 0 Å². The van der Waals surface area contributed by atoms with Crippen LogP contribution in [0.1, 0.15) is 46.5 Å². The van der Waals surface area contributed by atoms with Gasteiger partial charge in [0.2, 0.25) is 0 Å². The molecular weight excluding hydrogens is 184 g/mol. The lowest BCUT2D eigenvalue weighted by Gasteiger charge is -2.42. The largest absolute Gasteiger partial charge is 0.312 e. The number of nitrogens with one attached hydrogen (secondary N) is 1. The number of rotatable bonds is 4. The first-order valence-corrected chi connectivity index (χ1v) is 6.61. The Labute approximate surface area is 94.4 Å². The summed E-state index contributed by atoms with van der Waals surface area (Å²) in [6, 6.07) is 1.61. The van der Waals surface area contributed by atoms with E-state index >= 15 is 0 Å². The van der Waals surface area contributed by atoms with E-state index in [-0.39, 0.29) is 0 Å². The molecular formula is C13H26N2. The molecule has 2 rings (SSSR count). The van der Waals surface area contributed by atoms with Crippen molar-refractivity contribution in [3.63, 3.8) is 0 Å². The van der Waals surface area contributed by atoms with E-state index in [1.165, 1.54) is 45.3 Å². The van der Waals surface area contributed by atoms with Gasteiger partial charge in [-0.25, -0.2) is 0 Å². The van der Waals surface area contributed by atoms with E-state index in [1.807, 2.05) is 0 Å². The molecule has 1 atom stereocenters. The van der Waals surface area contributed by atoms with Crippen molar-refractivity contribution in [1.82, 2.24) is 10.2 Å². The monoisotopic (exact) mass is 210 g/mol. The molecule has 2 fully saturated rings. The van der Waals surface area contributed by atoms with Crippen LogP contribution in [0.2, 0.25) is 0 Å². The molecule has 88 valence electrons. The predicted molar refractivity (Wildman–Crippen MR) is 65.1 cm³/mol. The summed E-state index contributed by atoms with van der Waals surface area (Å²) in [6.45, 7) is 10.8. The molecule has 2 heteroatoms. The van der Waals surface area contributed by atoms with Crippen molar-refractivity contribution in [3.05, 3.63) is 0 Å². The van der Waals surface area contributed by atoms with Crippen molar-refractivity contribution >= 4 is 0 Å². The van der Waals surface area contributed by atoms with Crippen molar-refractivity contribution in [1.29, 1.82) is 0 Å². The molecule has 1 saturated heterocycles. The van der Waals surface area contributed by atoms with E-state index in [0.29, 0.717) is 11.5 Å². The molecule has 1 saturated carbocycles. The fraction of sp³-hybridized carbons (Fsp3) is 1.00. The van der Waals surface area contributed by atoms with Crippen LogP contribution < -0.4 is 5.32 Å². The minimum atomic E-state index is 0.487. The van der Waals surface area contributed by atoms with Crippen LogP contribution in [0.3, 0.4) is 0 Å². The Hall–Kier alpha value is -0.0800. The van der Waals surface area contributed by atoms with E-state index in [2.05, 4.69) is 31.0 Å². The third-order valence-corrected chi connectivity index (χ3v) is 4.22. The van der Waals surface area contributed by atoms with Crippen LogP contribution in [-0.2, 0) is 0 Å². The van der Waals surface area contributed by atoms with Crippen LogP contribution in [-0.4, -0.2) is 36.6 Å². The molecule has 0 aromatic rings. The van der Waals surface area contributed by atoms with Gasteiger partial charge in [0.05, 0.1) is 0 Å². The Morgan fingerprint density at radius 3 is 2.60 bits per heavy atom. The Balaban J connectivity index is 1.90. The summed E-state index contributed by atoms with van der Waals surface area (Å²) in [7, 11) is 0. The zero-order valence-electron chi connectivity index (χ0n) is 10.6. The summed E-state index contributed by atoms with van der Waals surface area (Å²) < 4.78 is 0. The van der Waals surface area contributed by atoms with E-state index in [4.69, 9.17) is 0 Å². The van der Waals surface area contributed by atoms with Crippen molar-refractivity contribution in [2.75, 3.05) is 19.6 Å². The number of likely N-dealkylation sites (N-methyl/N-ethyl adjacent to an activating group) is 1. The fourth-order valence-corrected chi connectivity index (χ4v) is 2.79. The predicted octanol–water partition coefficient (Wildman–Crippen LogP) is 2.25. The van der Waals surface area contributed by atoms with Crippen LogP contribution in [0.15, 0.2) is 0 Å². The fourth-order valence-electron chi connectivity index (χ4n) is 2.79. The maximum Gasteiger partial charge on any atom is 0.0246 e. The Kier molecular flexibility index (Phi) is 3.36. The van der Waals surface area contributed by atoms with Gasteiger partial charge in [0, 0.05) is 18.6 Å². The maximum atomic E-state index is 3.72. The Bertz CT molecular complexity index is 209. The molecule has 1 aliphatic heterocycles. The van der Waals surface area contributed by atoms with E-state index < -0.39 is 0 Å². The molecule has 0 aromatic carbocycles. The highest BCUT2D eigenvalue weighted by molar-refractivity contribution is 4.93. The lowest BCUT2D eigenvalue weighted by molar-refractivity contribution is 0.125. The van der Waals surface area contributed by atoms with Crippen LogP contribution in [0, 0.1) is 5.41 Å². The molecule has 0 radical (unpaired) electrons. The third-order valence-electron chi connectivity index (χ3n) is 4.22. The summed E-state index contributed by atoms with van der Waals surface area (Å²) in [5, 5.41) is 3.72. The van der Waals surface area contributed by atoms with Crippen molar-refractivity contribution in [2.24, 2.45) is 5.41 Å². The molecule has 2 aliphatic rings. The van der Waals surface area contributed by atoms with Gasteiger partial charge < -0.3 is 5.32 Å². The first-order valence-electron chi connectivity index (χ1n) is 6.61. The SMILES string of the molecule is CCN(CC1NCCCC1(C)C)C1CC1. The Morgan fingerprint density at radius 1 is 1.33 bits per heavy atom. The lowest BCUT2D eigenvalue weighted by Crippen LogP contribution is -2.53. The van der Waals surface area contributed by atoms with Gasteiger partial charge in [-0.3, -0.25) is 4.90 Å². The highest BCUT2D eigenvalue weighted by atomic mass is 15.2. The number of piperidine rings is 1. The van der Waals surface area contributed by atoms with Crippen LogP contribution in [0.25, 0.3) is 0 Å². The summed E-state index contributed by atoms with van der Waals surface area (Å²) in [5.41, 5.74) is 0.487. The topological polar surface area (TPSA) is 15.3 Å². The van der Waals surface area contributed by atoms with Gasteiger partial charge in [-0.05, 0) is 44.2 Å². The van der Waals surface area contributed by atoms with Gasteiger partial charge >= 0.3 is 0 Å². The summed E-state index contributed by atoms with van der Waals surface area (Å²) >= 11 is 0. The quantitative estimate of drug-likeness (QED) is 0.765. The van der Waals surface area contributed by atoms with Crippen molar-refractivity contribution in [2.45, 2.75) is 58.5 Å². The number of hydrogen-bond donors (Lipinski definition) is 1. The minimum Gasteiger partial charge on any atom is -0.312 e. The second-order valence-corrected chi connectivity index (χ2v) is 5.92. The highest BCUT2D eigenvalue weighted by Crippen LogP contribution is 2.33. The van der Waals surface area contributed by atoms with Gasteiger partial charge in [0.1, 0.15) is 0 Å². The molecule has 1 unspecified atom stereocenters. The van der Waals surface area contributed by atoms with E-state index in [0.717, 1.165) is 6.04 Å². The summed E-state index contributed by atoms with van der Waals surface area (Å²) in [4.78, 5) is 2.67. The van der Waals surface area contributed by atoms with Crippen molar-refractivity contribution < 1.29 is 0 Å². The second kappa shape index (κ2) is 4.42. The average molecular weight is 210 g/mol. The first-order chi connectivity index (χ1) is 7.13. The van der Waals surface area contributed by atoms with Gasteiger partial charge in [0.15, 0.2) is 0 Å². The third kappa shape index (κ3) is 2.73. The molecule has 0 bridgehead atoms. The van der Waals surface area contributed by atoms with Crippen LogP contribution >= 0.6 is 0 Å². The molecule has 2 nitrogen and oxygen atoms in total. The van der Waals surface area contributed by atoms with Crippen LogP contribution in [0.4, 0.5) is 0 Å². The number of hydrogen-bond acceptors (Lipinski definition) is 2. The summed E-state index contributed by atoms with van der Waals surface area (Å²) in [5.74, 6) is 0. The minimum absolute atomic E-state index is 0.487. The molecule has 15 heavy (non-hydrogen) atoms. The molecule has 1 heterocycles.